The van der Waals surface area contributed by atoms with Gasteiger partial charge in [-0.1, -0.05) is 0 Å². The number of aromatic nitrogens is 1. The summed E-state index contributed by atoms with van der Waals surface area (Å²) in [6, 6.07) is 0. The normalized spacial score (nSPS) is 10.1. The van der Waals surface area contributed by atoms with Crippen molar-refractivity contribution in [1.82, 2.24) is 4.57 Å². The Hall–Kier alpha value is -2.45. The summed E-state index contributed by atoms with van der Waals surface area (Å²) < 4.78 is 19.0. The lowest BCUT2D eigenvalue weighted by atomic mass is 10.4. The number of carbonyl (C=O) groups is 2. The van der Waals surface area contributed by atoms with Crippen LogP contribution in [0.15, 0.2) is 6.20 Å². The van der Waals surface area contributed by atoms with Gasteiger partial charge in [0.15, 0.2) is 5.69 Å². The lowest BCUT2D eigenvalue weighted by molar-refractivity contribution is -0.387. The summed E-state index contributed by atoms with van der Waals surface area (Å²) in [6.45, 7) is 0.901. The van der Waals surface area contributed by atoms with Crippen LogP contribution >= 0.6 is 0 Å². The molecule has 1 rings (SSSR count). The van der Waals surface area contributed by atoms with Gasteiger partial charge in [0.1, 0.15) is 6.54 Å². The predicted molar refractivity (Wildman–Crippen MR) is 56.2 cm³/mol. The molecule has 0 aliphatic carbocycles. The quantitative estimate of drug-likeness (QED) is 0.460. The number of rotatable bonds is 5. The van der Waals surface area contributed by atoms with Crippen LogP contribution in [-0.4, -0.2) is 28.0 Å². The molecule has 0 bridgehead atoms. The van der Waals surface area contributed by atoms with E-state index in [0.717, 1.165) is 10.8 Å². The minimum atomic E-state index is -1.35. The maximum Gasteiger partial charge on any atom is 0.358 e. The van der Waals surface area contributed by atoms with E-state index >= 15 is 0 Å². The Balaban J connectivity index is 3.30. The number of carbonyl (C=O) groups excluding carboxylic acids is 2. The Morgan fingerprint density at radius 2 is 2.22 bits per heavy atom. The Morgan fingerprint density at radius 1 is 1.61 bits per heavy atom. The van der Waals surface area contributed by atoms with Gasteiger partial charge in [0.05, 0.1) is 17.7 Å². The van der Waals surface area contributed by atoms with Gasteiger partial charge in [-0.25, -0.2) is 4.79 Å². The molecule has 0 aliphatic rings. The minimum Gasteiger partial charge on any atom is -0.461 e. The van der Waals surface area contributed by atoms with E-state index < -0.39 is 40.5 Å². The van der Waals surface area contributed by atoms with Crippen LogP contribution in [0.5, 0.6) is 0 Å². The number of halogens is 1. The van der Waals surface area contributed by atoms with Gasteiger partial charge < -0.3 is 15.0 Å². The highest BCUT2D eigenvalue weighted by atomic mass is 19.1. The van der Waals surface area contributed by atoms with E-state index in [1.165, 1.54) is 6.92 Å². The molecule has 1 aromatic rings. The van der Waals surface area contributed by atoms with E-state index in [-0.39, 0.29) is 6.61 Å². The molecule has 0 aliphatic heterocycles. The van der Waals surface area contributed by atoms with Crippen molar-refractivity contribution in [3.05, 3.63) is 27.8 Å². The van der Waals surface area contributed by atoms with Crippen molar-refractivity contribution < 1.29 is 23.6 Å². The second-order valence-electron chi connectivity index (χ2n) is 3.25. The molecule has 9 heteroatoms. The second-order valence-corrected chi connectivity index (χ2v) is 3.25. The smallest absolute Gasteiger partial charge is 0.358 e. The van der Waals surface area contributed by atoms with E-state index in [4.69, 9.17) is 5.73 Å². The fourth-order valence-electron chi connectivity index (χ4n) is 1.34. The van der Waals surface area contributed by atoms with E-state index in [1.54, 1.807) is 0 Å². The Bertz CT molecular complexity index is 511. The van der Waals surface area contributed by atoms with Crippen LogP contribution in [0, 0.1) is 15.9 Å². The number of nitrogens with zero attached hydrogens (tertiary/aromatic N) is 2. The number of ether oxygens (including phenoxy) is 1. The third-order valence-electron chi connectivity index (χ3n) is 1.99. The molecule has 0 spiro atoms. The molecule has 0 aromatic carbocycles. The zero-order valence-corrected chi connectivity index (χ0v) is 9.38. The number of nitrogens with two attached hydrogens (primary N) is 1. The molecule has 0 saturated carbocycles. The first-order valence-corrected chi connectivity index (χ1v) is 4.86. The number of amides is 1. The third-order valence-corrected chi connectivity index (χ3v) is 1.99. The van der Waals surface area contributed by atoms with Gasteiger partial charge in [-0.15, -0.1) is 0 Å². The van der Waals surface area contributed by atoms with Crippen molar-refractivity contribution in [2.75, 3.05) is 6.61 Å². The standard InChI is InChI=1S/C9H10FN3O5/c1-2-18-9(15)8-7(10)5(13(16)17)3-12(8)4-6(11)14/h3H,2,4H2,1H3,(H2,11,14). The largest absolute Gasteiger partial charge is 0.461 e. The van der Waals surface area contributed by atoms with Gasteiger partial charge in [0.25, 0.3) is 0 Å². The summed E-state index contributed by atoms with van der Waals surface area (Å²) in [5.74, 6) is -3.31. The third kappa shape index (κ3) is 2.62. The lowest BCUT2D eigenvalue weighted by Gasteiger charge is -2.05. The molecule has 1 aromatic heterocycles. The fourth-order valence-corrected chi connectivity index (χ4v) is 1.34. The Labute approximate surface area is 100 Å². The first-order chi connectivity index (χ1) is 8.38. The summed E-state index contributed by atoms with van der Waals surface area (Å²) in [6.07, 6.45) is 0.729. The molecule has 1 heterocycles. The van der Waals surface area contributed by atoms with Crippen molar-refractivity contribution in [3.63, 3.8) is 0 Å². The Kier molecular flexibility index (Phi) is 3.97. The number of esters is 1. The summed E-state index contributed by atoms with van der Waals surface area (Å²) in [5.41, 5.74) is 3.29. The van der Waals surface area contributed by atoms with Crippen LogP contribution in [0.3, 0.4) is 0 Å². The predicted octanol–water partition coefficient (Wildman–Crippen LogP) is 0.197. The maximum atomic E-state index is 13.7. The second kappa shape index (κ2) is 5.25. The van der Waals surface area contributed by atoms with Crippen molar-refractivity contribution in [3.8, 4) is 0 Å². The van der Waals surface area contributed by atoms with Crippen molar-refractivity contribution in [2.24, 2.45) is 5.73 Å². The SMILES string of the molecule is CCOC(=O)c1c(F)c([N+](=O)[O-])cn1CC(N)=O. The van der Waals surface area contributed by atoms with Gasteiger partial charge in [0.2, 0.25) is 11.7 Å². The molecular formula is C9H10FN3O5. The zero-order chi connectivity index (χ0) is 13.9. The van der Waals surface area contributed by atoms with Crippen LogP contribution in [-0.2, 0) is 16.1 Å². The van der Waals surface area contributed by atoms with Gasteiger partial charge >= 0.3 is 11.7 Å². The lowest BCUT2D eigenvalue weighted by Crippen LogP contribution is -2.22. The summed E-state index contributed by atoms with van der Waals surface area (Å²) in [4.78, 5) is 31.7. The molecule has 18 heavy (non-hydrogen) atoms. The molecule has 0 fully saturated rings. The average Bonchev–Trinajstić information content (AvgIpc) is 2.55. The number of nitro groups is 1. The molecule has 98 valence electrons. The molecule has 0 atom stereocenters. The van der Waals surface area contributed by atoms with Gasteiger partial charge in [-0.3, -0.25) is 14.9 Å². The summed E-state index contributed by atoms with van der Waals surface area (Å²) in [7, 11) is 0. The van der Waals surface area contributed by atoms with Crippen molar-refractivity contribution in [1.29, 1.82) is 0 Å². The zero-order valence-electron chi connectivity index (χ0n) is 9.38. The minimum absolute atomic E-state index is 0.0339. The van der Waals surface area contributed by atoms with Gasteiger partial charge in [-0.2, -0.15) is 4.39 Å². The number of hydrogen-bond acceptors (Lipinski definition) is 5. The van der Waals surface area contributed by atoms with E-state index in [1.807, 2.05) is 0 Å². The Morgan fingerprint density at radius 3 is 2.67 bits per heavy atom. The molecular weight excluding hydrogens is 249 g/mol. The van der Waals surface area contributed by atoms with Crippen molar-refractivity contribution in [2.45, 2.75) is 13.5 Å². The molecule has 0 saturated heterocycles. The molecule has 1 amide bonds. The average molecular weight is 259 g/mol. The fraction of sp³-hybridized carbons (Fsp3) is 0.333. The van der Waals surface area contributed by atoms with E-state index in [2.05, 4.69) is 4.74 Å². The molecule has 0 radical (unpaired) electrons. The molecule has 8 nitrogen and oxygen atoms in total. The number of hydrogen-bond donors (Lipinski definition) is 1. The topological polar surface area (TPSA) is 117 Å². The van der Waals surface area contributed by atoms with Crippen molar-refractivity contribution >= 4 is 17.6 Å². The monoisotopic (exact) mass is 259 g/mol. The summed E-state index contributed by atoms with van der Waals surface area (Å²) in [5, 5.41) is 10.5. The maximum absolute atomic E-state index is 13.7. The first kappa shape index (κ1) is 13.6. The van der Waals surface area contributed by atoms with Crippen LogP contribution in [0.25, 0.3) is 0 Å². The summed E-state index contributed by atoms with van der Waals surface area (Å²) >= 11 is 0. The van der Waals surface area contributed by atoms with E-state index in [0.29, 0.717) is 0 Å². The van der Waals surface area contributed by atoms with Crippen LogP contribution in [0.1, 0.15) is 17.4 Å². The van der Waals surface area contributed by atoms with Gasteiger partial charge in [-0.05, 0) is 6.92 Å². The molecule has 2 N–H and O–H groups in total. The highest BCUT2D eigenvalue weighted by Gasteiger charge is 2.30. The van der Waals surface area contributed by atoms with Crippen LogP contribution in [0.4, 0.5) is 10.1 Å². The van der Waals surface area contributed by atoms with Crippen LogP contribution < -0.4 is 5.73 Å². The van der Waals surface area contributed by atoms with E-state index in [9.17, 15) is 24.1 Å². The highest BCUT2D eigenvalue weighted by Crippen LogP contribution is 2.23. The molecule has 0 unspecified atom stereocenters. The number of primary amides is 1. The first-order valence-electron chi connectivity index (χ1n) is 4.86. The highest BCUT2D eigenvalue weighted by molar-refractivity contribution is 5.90. The van der Waals surface area contributed by atoms with Gasteiger partial charge in [0, 0.05) is 0 Å². The van der Waals surface area contributed by atoms with Crippen LogP contribution in [0.2, 0.25) is 0 Å².